The van der Waals surface area contributed by atoms with Crippen LogP contribution >= 0.6 is 15.9 Å². The topological polar surface area (TPSA) is 12.0 Å². The third-order valence-corrected chi connectivity index (χ3v) is 4.51. The van der Waals surface area contributed by atoms with Crippen molar-refractivity contribution in [2.75, 3.05) is 11.9 Å². The fourth-order valence-electron chi connectivity index (χ4n) is 2.98. The molecular weight excluding hydrogens is 281 g/mol. The largest absolute Gasteiger partial charge is 0.385 e. The van der Waals surface area contributed by atoms with E-state index in [0.29, 0.717) is 4.47 Å². The van der Waals surface area contributed by atoms with Crippen LogP contribution in [-0.4, -0.2) is 6.54 Å². The molecule has 1 aromatic carbocycles. The Morgan fingerprint density at radius 1 is 1.29 bits per heavy atom. The molecule has 2 aliphatic carbocycles. The van der Waals surface area contributed by atoms with E-state index in [1.165, 1.54) is 18.9 Å². The first-order valence-corrected chi connectivity index (χ1v) is 6.89. The first kappa shape index (κ1) is 11.3. The van der Waals surface area contributed by atoms with Gasteiger partial charge in [0.2, 0.25) is 0 Å². The lowest BCUT2D eigenvalue weighted by Gasteiger charge is -2.19. The van der Waals surface area contributed by atoms with Crippen LogP contribution in [0.25, 0.3) is 0 Å². The molecule has 3 unspecified atom stereocenters. The van der Waals surface area contributed by atoms with Crippen molar-refractivity contribution in [2.24, 2.45) is 17.8 Å². The third-order valence-electron chi connectivity index (χ3n) is 3.90. The van der Waals surface area contributed by atoms with Gasteiger partial charge in [-0.3, -0.25) is 0 Å². The van der Waals surface area contributed by atoms with Crippen molar-refractivity contribution in [2.45, 2.75) is 12.8 Å². The number of benzene rings is 1. The molecule has 3 rings (SSSR count). The Hall–Kier alpha value is -0.830. The molecular formula is C14H15BrFN. The zero-order valence-electron chi connectivity index (χ0n) is 9.50. The number of allylic oxidation sites excluding steroid dienone is 2. The summed E-state index contributed by atoms with van der Waals surface area (Å²) in [6.45, 7) is 0.990. The van der Waals surface area contributed by atoms with Crippen LogP contribution in [-0.2, 0) is 0 Å². The predicted octanol–water partition coefficient (Wildman–Crippen LogP) is 4.21. The highest BCUT2D eigenvalue weighted by molar-refractivity contribution is 9.10. The maximum absolute atomic E-state index is 13.1. The average molecular weight is 296 g/mol. The van der Waals surface area contributed by atoms with Crippen LogP contribution in [0, 0.1) is 23.6 Å². The molecule has 0 amide bonds. The van der Waals surface area contributed by atoms with Gasteiger partial charge in [-0.05, 0) is 64.7 Å². The fraction of sp³-hybridized carbons (Fsp3) is 0.429. The molecule has 1 aromatic rings. The molecule has 0 aliphatic heterocycles. The summed E-state index contributed by atoms with van der Waals surface area (Å²) in [6, 6.07) is 5.09. The quantitative estimate of drug-likeness (QED) is 0.824. The number of nitrogens with one attached hydrogen (secondary N) is 1. The number of hydrogen-bond acceptors (Lipinski definition) is 1. The van der Waals surface area contributed by atoms with Crippen LogP contribution in [0.4, 0.5) is 10.1 Å². The minimum atomic E-state index is -0.210. The molecule has 0 saturated heterocycles. The molecule has 90 valence electrons. The predicted molar refractivity (Wildman–Crippen MR) is 71.4 cm³/mol. The second-order valence-electron chi connectivity index (χ2n) is 5.05. The Morgan fingerprint density at radius 3 is 2.82 bits per heavy atom. The van der Waals surface area contributed by atoms with Gasteiger partial charge in [-0.2, -0.15) is 0 Å². The molecule has 0 heterocycles. The summed E-state index contributed by atoms with van der Waals surface area (Å²) >= 11 is 3.21. The lowest BCUT2D eigenvalue weighted by molar-refractivity contribution is 0.472. The van der Waals surface area contributed by atoms with E-state index in [1.54, 1.807) is 12.1 Å². The van der Waals surface area contributed by atoms with E-state index < -0.39 is 0 Å². The van der Waals surface area contributed by atoms with Gasteiger partial charge < -0.3 is 5.32 Å². The van der Waals surface area contributed by atoms with E-state index in [0.717, 1.165) is 30.0 Å². The molecule has 2 bridgehead atoms. The second-order valence-corrected chi connectivity index (χ2v) is 5.90. The van der Waals surface area contributed by atoms with Crippen molar-refractivity contribution >= 4 is 21.6 Å². The van der Waals surface area contributed by atoms with E-state index in [9.17, 15) is 4.39 Å². The first-order valence-electron chi connectivity index (χ1n) is 6.09. The van der Waals surface area contributed by atoms with E-state index in [1.807, 2.05) is 0 Å². The summed E-state index contributed by atoms with van der Waals surface area (Å²) in [6.07, 6.45) is 7.35. The number of rotatable bonds is 3. The van der Waals surface area contributed by atoms with Gasteiger partial charge in [0.1, 0.15) is 5.82 Å². The van der Waals surface area contributed by atoms with Crippen molar-refractivity contribution in [3.05, 3.63) is 40.6 Å². The standard InChI is InChI=1S/C14H15BrFN/c15-13-7-12(3-4-14(13)16)17-8-11-6-9-1-2-10(11)5-9/h1-4,7,9-11,17H,5-6,8H2. The minimum absolute atomic E-state index is 0.210. The summed E-state index contributed by atoms with van der Waals surface area (Å²) in [5.41, 5.74) is 0.991. The molecule has 2 aliphatic rings. The Morgan fingerprint density at radius 2 is 2.18 bits per heavy atom. The molecule has 0 spiro atoms. The summed E-state index contributed by atoms with van der Waals surface area (Å²) < 4.78 is 13.6. The SMILES string of the molecule is Fc1ccc(NCC2CC3C=CC2C3)cc1Br. The van der Waals surface area contributed by atoms with Crippen LogP contribution < -0.4 is 5.32 Å². The van der Waals surface area contributed by atoms with Gasteiger partial charge in [-0.25, -0.2) is 4.39 Å². The van der Waals surface area contributed by atoms with Gasteiger partial charge in [0, 0.05) is 12.2 Å². The van der Waals surface area contributed by atoms with Crippen LogP contribution in [0.1, 0.15) is 12.8 Å². The van der Waals surface area contributed by atoms with Crippen molar-refractivity contribution in [3.63, 3.8) is 0 Å². The monoisotopic (exact) mass is 295 g/mol. The molecule has 0 radical (unpaired) electrons. The lowest BCUT2D eigenvalue weighted by atomic mass is 9.93. The van der Waals surface area contributed by atoms with Crippen molar-refractivity contribution in [1.82, 2.24) is 0 Å². The highest BCUT2D eigenvalue weighted by atomic mass is 79.9. The number of fused-ring (bicyclic) bond motifs is 2. The van der Waals surface area contributed by atoms with Gasteiger partial charge in [-0.1, -0.05) is 12.2 Å². The summed E-state index contributed by atoms with van der Waals surface area (Å²) in [7, 11) is 0. The molecule has 1 N–H and O–H groups in total. The van der Waals surface area contributed by atoms with E-state index in [4.69, 9.17) is 0 Å². The molecule has 1 saturated carbocycles. The third kappa shape index (κ3) is 2.25. The summed E-state index contributed by atoms with van der Waals surface area (Å²) in [4.78, 5) is 0. The van der Waals surface area contributed by atoms with Crippen molar-refractivity contribution in [3.8, 4) is 0 Å². The van der Waals surface area contributed by atoms with E-state index in [-0.39, 0.29) is 5.82 Å². The number of halogens is 2. The fourth-order valence-corrected chi connectivity index (χ4v) is 3.36. The Kier molecular flexibility index (Phi) is 2.95. The molecule has 3 atom stereocenters. The van der Waals surface area contributed by atoms with Crippen LogP contribution in [0.5, 0.6) is 0 Å². The molecule has 17 heavy (non-hydrogen) atoms. The molecule has 1 nitrogen and oxygen atoms in total. The minimum Gasteiger partial charge on any atom is -0.385 e. The lowest BCUT2D eigenvalue weighted by Crippen LogP contribution is -2.18. The van der Waals surface area contributed by atoms with Crippen LogP contribution in [0.2, 0.25) is 0 Å². The zero-order chi connectivity index (χ0) is 11.8. The zero-order valence-corrected chi connectivity index (χ0v) is 11.1. The van der Waals surface area contributed by atoms with E-state index >= 15 is 0 Å². The number of hydrogen-bond donors (Lipinski definition) is 1. The normalized spacial score (nSPS) is 29.9. The smallest absolute Gasteiger partial charge is 0.137 e. The Labute approximate surface area is 109 Å². The van der Waals surface area contributed by atoms with Gasteiger partial charge in [0.15, 0.2) is 0 Å². The van der Waals surface area contributed by atoms with Crippen molar-refractivity contribution < 1.29 is 4.39 Å². The maximum atomic E-state index is 13.1. The van der Waals surface area contributed by atoms with Crippen molar-refractivity contribution in [1.29, 1.82) is 0 Å². The Balaban J connectivity index is 1.61. The van der Waals surface area contributed by atoms with Crippen LogP contribution in [0.15, 0.2) is 34.8 Å². The van der Waals surface area contributed by atoms with Gasteiger partial charge in [0.05, 0.1) is 4.47 Å². The maximum Gasteiger partial charge on any atom is 0.137 e. The summed E-state index contributed by atoms with van der Waals surface area (Å²) in [5.74, 6) is 2.11. The number of anilines is 1. The van der Waals surface area contributed by atoms with Gasteiger partial charge in [-0.15, -0.1) is 0 Å². The molecule has 1 fully saturated rings. The highest BCUT2D eigenvalue weighted by Crippen LogP contribution is 2.43. The molecule has 3 heteroatoms. The summed E-state index contributed by atoms with van der Waals surface area (Å²) in [5, 5.41) is 3.41. The molecule has 0 aromatic heterocycles. The van der Waals surface area contributed by atoms with E-state index in [2.05, 4.69) is 33.4 Å². The second kappa shape index (κ2) is 4.45. The van der Waals surface area contributed by atoms with Gasteiger partial charge in [0.25, 0.3) is 0 Å². The average Bonchev–Trinajstić information content (AvgIpc) is 2.92. The van der Waals surface area contributed by atoms with Crippen LogP contribution in [0.3, 0.4) is 0 Å². The first-order chi connectivity index (χ1) is 8.22. The van der Waals surface area contributed by atoms with Gasteiger partial charge >= 0.3 is 0 Å². The highest BCUT2D eigenvalue weighted by Gasteiger charge is 2.35. The Bertz CT molecular complexity index is 458.